The van der Waals surface area contributed by atoms with E-state index in [1.54, 1.807) is 54.9 Å². The van der Waals surface area contributed by atoms with E-state index in [-0.39, 0.29) is 28.0 Å². The number of benzene rings is 2. The molecule has 1 unspecified atom stereocenters. The minimum Gasteiger partial charge on any atom is -0.350 e. The number of pyridine rings is 1. The van der Waals surface area contributed by atoms with Gasteiger partial charge in [0.2, 0.25) is 5.95 Å². The van der Waals surface area contributed by atoms with Crippen molar-refractivity contribution in [2.75, 3.05) is 18.4 Å². The molecule has 4 heterocycles. The molecular weight excluding hydrogens is 553 g/mol. The van der Waals surface area contributed by atoms with Crippen molar-refractivity contribution < 1.29 is 21.6 Å². The maximum atomic E-state index is 14.3. The van der Waals surface area contributed by atoms with Gasteiger partial charge < -0.3 is 10.6 Å². The predicted molar refractivity (Wildman–Crippen MR) is 150 cm³/mol. The van der Waals surface area contributed by atoms with Gasteiger partial charge in [0.1, 0.15) is 5.56 Å². The summed E-state index contributed by atoms with van der Waals surface area (Å²) in [5, 5.41) is 6.67. The van der Waals surface area contributed by atoms with Gasteiger partial charge in [-0.05, 0) is 49.2 Å². The zero-order chi connectivity index (χ0) is 28.6. The van der Waals surface area contributed by atoms with Crippen LogP contribution in [0.1, 0.15) is 18.4 Å². The summed E-state index contributed by atoms with van der Waals surface area (Å²) in [6.45, 7) is 1.50. The van der Waals surface area contributed by atoms with Gasteiger partial charge in [-0.15, -0.1) is 0 Å². The van der Waals surface area contributed by atoms with E-state index in [4.69, 9.17) is 0 Å². The summed E-state index contributed by atoms with van der Waals surface area (Å²) in [5.41, 5.74) is 0.161. The molecule has 210 valence electrons. The third kappa shape index (κ3) is 5.27. The Morgan fingerprint density at radius 2 is 1.83 bits per heavy atom. The Morgan fingerprint density at radius 1 is 1.00 bits per heavy atom. The molecule has 5 aromatic rings. The van der Waals surface area contributed by atoms with E-state index in [0.717, 1.165) is 35.1 Å². The van der Waals surface area contributed by atoms with Crippen molar-refractivity contribution in [3.05, 3.63) is 91.0 Å². The van der Waals surface area contributed by atoms with Crippen LogP contribution in [0.25, 0.3) is 33.3 Å². The van der Waals surface area contributed by atoms with Gasteiger partial charge in [-0.25, -0.2) is 22.4 Å². The Labute approximate surface area is 234 Å². The van der Waals surface area contributed by atoms with Crippen molar-refractivity contribution in [1.82, 2.24) is 24.2 Å². The number of nitrogens with zero attached hydrogens (tertiary/aromatic N) is 4. The summed E-state index contributed by atoms with van der Waals surface area (Å²) in [6, 6.07) is 16.2. The van der Waals surface area contributed by atoms with E-state index in [1.807, 2.05) is 6.07 Å². The summed E-state index contributed by atoms with van der Waals surface area (Å²) >= 11 is 0. The number of rotatable bonds is 6. The Bertz CT molecular complexity index is 1800. The number of nitrogens with one attached hydrogen (secondary N) is 2. The zero-order valence-electron chi connectivity index (χ0n) is 21.6. The van der Waals surface area contributed by atoms with Gasteiger partial charge in [0.15, 0.2) is 0 Å². The van der Waals surface area contributed by atoms with Gasteiger partial charge in [0.05, 0.1) is 16.1 Å². The molecule has 1 aliphatic rings. The van der Waals surface area contributed by atoms with Crippen LogP contribution in [0, 0.1) is 0 Å². The predicted octanol–water partition coefficient (Wildman–Crippen LogP) is 5.58. The standard InChI is InChI=1S/C29H25F3N6O2S/c30-29(31,32)25-17-35-28(36-21-7-5-13-34-16-21)37-27(25)24-18-38(41(39,40)22-8-2-1-3-9-22)26-14-19(10-11-23(24)26)20-6-4-12-33-15-20/h1-4,6,8-12,14-15,17-18,21,34H,5,7,13,16H2,(H,35,36,37). The molecule has 41 heavy (non-hydrogen) atoms. The van der Waals surface area contributed by atoms with Crippen LogP contribution in [0.2, 0.25) is 0 Å². The molecule has 2 aromatic carbocycles. The smallest absolute Gasteiger partial charge is 0.350 e. The van der Waals surface area contributed by atoms with Crippen LogP contribution in [0.15, 0.2) is 90.3 Å². The van der Waals surface area contributed by atoms with E-state index in [9.17, 15) is 21.6 Å². The van der Waals surface area contributed by atoms with Crippen LogP contribution in [0.3, 0.4) is 0 Å². The molecule has 0 spiro atoms. The summed E-state index contributed by atoms with van der Waals surface area (Å²) in [4.78, 5) is 12.4. The summed E-state index contributed by atoms with van der Waals surface area (Å²) in [6.07, 6.45) is 2.16. The Kier molecular flexibility index (Phi) is 6.96. The molecule has 1 atom stereocenters. The maximum absolute atomic E-state index is 14.3. The molecule has 12 heteroatoms. The number of piperidine rings is 1. The van der Waals surface area contributed by atoms with E-state index in [2.05, 4.69) is 25.6 Å². The van der Waals surface area contributed by atoms with Crippen molar-refractivity contribution in [1.29, 1.82) is 0 Å². The average molecular weight is 579 g/mol. The highest BCUT2D eigenvalue weighted by Gasteiger charge is 2.37. The number of hydrogen-bond donors (Lipinski definition) is 2. The van der Waals surface area contributed by atoms with Crippen molar-refractivity contribution in [2.24, 2.45) is 0 Å². The molecule has 0 saturated carbocycles. The lowest BCUT2D eigenvalue weighted by Gasteiger charge is -2.24. The largest absolute Gasteiger partial charge is 0.419 e. The molecule has 0 amide bonds. The molecule has 0 radical (unpaired) electrons. The fourth-order valence-electron chi connectivity index (χ4n) is 5.03. The fourth-order valence-corrected chi connectivity index (χ4v) is 6.41. The molecular formula is C29H25F3N6O2S. The van der Waals surface area contributed by atoms with Gasteiger partial charge in [0, 0.05) is 53.9 Å². The van der Waals surface area contributed by atoms with Gasteiger partial charge in [0.25, 0.3) is 10.0 Å². The second-order valence-electron chi connectivity index (χ2n) is 9.77. The van der Waals surface area contributed by atoms with E-state index in [0.29, 0.717) is 17.5 Å². The number of fused-ring (bicyclic) bond motifs is 1. The molecule has 0 aliphatic carbocycles. The third-order valence-electron chi connectivity index (χ3n) is 7.05. The average Bonchev–Trinajstić information content (AvgIpc) is 3.38. The second-order valence-corrected chi connectivity index (χ2v) is 11.6. The number of anilines is 1. The highest BCUT2D eigenvalue weighted by molar-refractivity contribution is 7.90. The van der Waals surface area contributed by atoms with Gasteiger partial charge >= 0.3 is 6.18 Å². The van der Waals surface area contributed by atoms with Crippen molar-refractivity contribution >= 4 is 26.9 Å². The SMILES string of the molecule is O=S(=O)(c1ccccc1)n1cc(-c2nc(NC3CCCNC3)ncc2C(F)(F)F)c2ccc(-c3cccnc3)cc21. The summed E-state index contributed by atoms with van der Waals surface area (Å²) in [7, 11) is -4.18. The lowest BCUT2D eigenvalue weighted by molar-refractivity contribution is -0.137. The number of hydrogen-bond acceptors (Lipinski definition) is 7. The quantitative estimate of drug-likeness (QED) is 0.271. The molecule has 1 aliphatic heterocycles. The van der Waals surface area contributed by atoms with Gasteiger partial charge in [-0.1, -0.05) is 36.4 Å². The van der Waals surface area contributed by atoms with Crippen LogP contribution in [0.5, 0.6) is 0 Å². The summed E-state index contributed by atoms with van der Waals surface area (Å²) < 4.78 is 71.5. The number of aromatic nitrogens is 4. The number of halogens is 3. The van der Waals surface area contributed by atoms with E-state index < -0.39 is 27.5 Å². The van der Waals surface area contributed by atoms with Crippen molar-refractivity contribution in [2.45, 2.75) is 30.0 Å². The minimum atomic E-state index is -4.78. The van der Waals surface area contributed by atoms with Crippen LogP contribution in [0.4, 0.5) is 19.1 Å². The van der Waals surface area contributed by atoms with Crippen molar-refractivity contribution in [3.63, 3.8) is 0 Å². The molecule has 1 saturated heterocycles. The highest BCUT2D eigenvalue weighted by Crippen LogP contribution is 2.41. The molecule has 8 nitrogen and oxygen atoms in total. The van der Waals surface area contributed by atoms with Crippen LogP contribution in [-0.4, -0.2) is 46.5 Å². The monoisotopic (exact) mass is 578 g/mol. The Morgan fingerprint density at radius 3 is 2.54 bits per heavy atom. The first-order valence-corrected chi connectivity index (χ1v) is 14.4. The number of alkyl halides is 3. The Balaban J connectivity index is 1.58. The first-order chi connectivity index (χ1) is 19.7. The molecule has 3 aromatic heterocycles. The van der Waals surface area contributed by atoms with Crippen LogP contribution < -0.4 is 10.6 Å². The minimum absolute atomic E-state index is 0.00103. The first-order valence-electron chi connectivity index (χ1n) is 13.0. The fraction of sp³-hybridized carbons (Fsp3) is 0.207. The zero-order valence-corrected chi connectivity index (χ0v) is 22.5. The van der Waals surface area contributed by atoms with E-state index >= 15 is 0 Å². The topological polar surface area (TPSA) is 102 Å². The van der Waals surface area contributed by atoms with Gasteiger partial charge in [-0.3, -0.25) is 4.98 Å². The van der Waals surface area contributed by atoms with Crippen molar-refractivity contribution in [3.8, 4) is 22.4 Å². The lowest BCUT2D eigenvalue weighted by atomic mass is 10.0. The lowest BCUT2D eigenvalue weighted by Crippen LogP contribution is -2.38. The Hall–Kier alpha value is -4.29. The summed E-state index contributed by atoms with van der Waals surface area (Å²) in [5.74, 6) is 0.0421. The molecule has 6 rings (SSSR count). The molecule has 1 fully saturated rings. The molecule has 0 bridgehead atoms. The maximum Gasteiger partial charge on any atom is 0.419 e. The highest BCUT2D eigenvalue weighted by atomic mass is 32.2. The van der Waals surface area contributed by atoms with Crippen LogP contribution >= 0.6 is 0 Å². The molecule has 2 N–H and O–H groups in total. The van der Waals surface area contributed by atoms with E-state index in [1.165, 1.54) is 18.3 Å². The van der Waals surface area contributed by atoms with Gasteiger partial charge in [-0.2, -0.15) is 13.2 Å². The second kappa shape index (κ2) is 10.6. The normalized spacial score (nSPS) is 16.1. The van der Waals surface area contributed by atoms with Crippen LogP contribution in [-0.2, 0) is 16.2 Å². The third-order valence-corrected chi connectivity index (χ3v) is 8.73. The first kappa shape index (κ1) is 26.9.